The summed E-state index contributed by atoms with van der Waals surface area (Å²) >= 11 is 0. The van der Waals surface area contributed by atoms with Crippen LogP contribution in [0.2, 0.25) is 0 Å². The van der Waals surface area contributed by atoms with Crippen molar-refractivity contribution in [3.63, 3.8) is 0 Å². The molecule has 3 rings (SSSR count). The first-order chi connectivity index (χ1) is 13.0. The van der Waals surface area contributed by atoms with Crippen LogP contribution in [-0.4, -0.2) is 48.3 Å². The minimum absolute atomic E-state index is 0.205. The van der Waals surface area contributed by atoms with Crippen molar-refractivity contribution in [2.45, 2.75) is 31.1 Å². The summed E-state index contributed by atoms with van der Waals surface area (Å²) in [7, 11) is 0. The molecule has 0 saturated carbocycles. The van der Waals surface area contributed by atoms with Crippen molar-refractivity contribution in [1.29, 1.82) is 0 Å². The highest BCUT2D eigenvalue weighted by atomic mass is 19.1. The van der Waals surface area contributed by atoms with Gasteiger partial charge in [-0.1, -0.05) is 36.4 Å². The fraction of sp³-hybridized carbons (Fsp3) is 0.300. The van der Waals surface area contributed by atoms with Crippen molar-refractivity contribution >= 4 is 11.9 Å². The van der Waals surface area contributed by atoms with E-state index in [4.69, 9.17) is 14.2 Å². The minimum atomic E-state index is -1.75. The number of esters is 2. The Labute approximate surface area is 155 Å². The topological polar surface area (TPSA) is 82.1 Å². The lowest BCUT2D eigenvalue weighted by atomic mass is 10.0. The second-order valence-electron chi connectivity index (χ2n) is 6.08. The van der Waals surface area contributed by atoms with Crippen molar-refractivity contribution in [1.82, 2.24) is 0 Å². The molecule has 2 aromatic carbocycles. The molecule has 0 amide bonds. The predicted molar refractivity (Wildman–Crippen MR) is 92.8 cm³/mol. The summed E-state index contributed by atoms with van der Waals surface area (Å²) in [4.78, 5) is 24.1. The first-order valence-electron chi connectivity index (χ1n) is 8.50. The van der Waals surface area contributed by atoms with Crippen LogP contribution in [0, 0.1) is 0 Å². The van der Waals surface area contributed by atoms with Gasteiger partial charge in [0.1, 0.15) is 18.8 Å². The highest BCUT2D eigenvalue weighted by Gasteiger charge is 2.41. The van der Waals surface area contributed by atoms with Crippen LogP contribution >= 0.6 is 0 Å². The number of benzene rings is 2. The van der Waals surface area contributed by atoms with Crippen LogP contribution in [0.4, 0.5) is 4.39 Å². The number of aliphatic hydroxyl groups is 1. The van der Waals surface area contributed by atoms with Crippen LogP contribution in [0.1, 0.15) is 27.1 Å². The SMILES string of the molecule is O=C(OCC1OC(O)CC(OC(=O)c2ccccc2)C1F)c1ccccc1. The van der Waals surface area contributed by atoms with Crippen LogP contribution in [0.25, 0.3) is 0 Å². The van der Waals surface area contributed by atoms with Crippen molar-refractivity contribution in [3.05, 3.63) is 71.8 Å². The van der Waals surface area contributed by atoms with Gasteiger partial charge in [-0.2, -0.15) is 0 Å². The molecule has 1 fully saturated rings. The minimum Gasteiger partial charge on any atom is -0.459 e. The van der Waals surface area contributed by atoms with Crippen LogP contribution < -0.4 is 0 Å². The van der Waals surface area contributed by atoms with Gasteiger partial charge in [0.15, 0.2) is 12.5 Å². The monoisotopic (exact) mass is 374 g/mol. The Morgan fingerprint density at radius 1 is 1.00 bits per heavy atom. The highest BCUT2D eigenvalue weighted by molar-refractivity contribution is 5.89. The number of hydrogen-bond donors (Lipinski definition) is 1. The number of alkyl halides is 1. The standard InChI is InChI=1S/C20H19FO6/c21-18-15(27-20(24)14-9-5-2-6-10-14)11-17(22)26-16(18)12-25-19(23)13-7-3-1-4-8-13/h1-10,15-18,22H,11-12H2. The van der Waals surface area contributed by atoms with E-state index in [9.17, 15) is 19.1 Å². The lowest BCUT2D eigenvalue weighted by Crippen LogP contribution is -2.49. The highest BCUT2D eigenvalue weighted by Crippen LogP contribution is 2.25. The molecule has 0 bridgehead atoms. The lowest BCUT2D eigenvalue weighted by molar-refractivity contribution is -0.224. The summed E-state index contributed by atoms with van der Waals surface area (Å²) in [5.74, 6) is -1.33. The van der Waals surface area contributed by atoms with E-state index in [0.29, 0.717) is 5.56 Å². The molecule has 0 aliphatic carbocycles. The third kappa shape index (κ3) is 4.90. The summed E-state index contributed by atoms with van der Waals surface area (Å²) < 4.78 is 30.1. The third-order valence-electron chi connectivity index (χ3n) is 4.13. The van der Waals surface area contributed by atoms with Crippen molar-refractivity contribution in [2.24, 2.45) is 0 Å². The molecule has 1 saturated heterocycles. The molecule has 0 spiro atoms. The zero-order chi connectivity index (χ0) is 19.2. The number of carbonyl (C=O) groups excluding carboxylic acids is 2. The maximum absolute atomic E-state index is 14.7. The maximum atomic E-state index is 14.7. The molecule has 2 aromatic rings. The molecule has 0 radical (unpaired) electrons. The van der Waals surface area contributed by atoms with E-state index >= 15 is 0 Å². The van der Waals surface area contributed by atoms with E-state index in [1.165, 1.54) is 0 Å². The van der Waals surface area contributed by atoms with Crippen LogP contribution in [0.5, 0.6) is 0 Å². The fourth-order valence-electron chi connectivity index (χ4n) is 2.74. The molecule has 0 aromatic heterocycles. The molecule has 1 aliphatic rings. The molecule has 6 nitrogen and oxygen atoms in total. The number of hydrogen-bond acceptors (Lipinski definition) is 6. The van der Waals surface area contributed by atoms with Gasteiger partial charge in [0.25, 0.3) is 0 Å². The van der Waals surface area contributed by atoms with Gasteiger partial charge in [0.2, 0.25) is 0 Å². The first kappa shape index (κ1) is 19.0. The zero-order valence-electron chi connectivity index (χ0n) is 14.4. The van der Waals surface area contributed by atoms with E-state index in [0.717, 1.165) is 0 Å². The Kier molecular flexibility index (Phi) is 6.16. The second-order valence-corrected chi connectivity index (χ2v) is 6.08. The molecular weight excluding hydrogens is 355 g/mol. The summed E-state index contributed by atoms with van der Waals surface area (Å²) in [5, 5.41) is 9.81. The second kappa shape index (κ2) is 8.75. The molecule has 142 valence electrons. The van der Waals surface area contributed by atoms with Gasteiger partial charge >= 0.3 is 11.9 Å². The van der Waals surface area contributed by atoms with Crippen molar-refractivity contribution in [3.8, 4) is 0 Å². The number of aliphatic hydroxyl groups excluding tert-OH is 1. The normalized spacial score (nSPS) is 24.8. The summed E-state index contributed by atoms with van der Waals surface area (Å²) in [6.07, 6.45) is -5.73. The molecule has 1 N–H and O–H groups in total. The summed E-state index contributed by atoms with van der Waals surface area (Å²) in [5.41, 5.74) is 0.592. The number of halogens is 1. The lowest BCUT2D eigenvalue weighted by Gasteiger charge is -2.35. The molecule has 27 heavy (non-hydrogen) atoms. The first-order valence-corrected chi connectivity index (χ1v) is 8.50. The number of ether oxygens (including phenoxy) is 3. The van der Waals surface area contributed by atoms with Gasteiger partial charge in [-0.25, -0.2) is 14.0 Å². The Hall–Kier alpha value is -2.77. The predicted octanol–water partition coefficient (Wildman–Crippen LogP) is 2.51. The van der Waals surface area contributed by atoms with E-state index in [1.807, 2.05) is 0 Å². The van der Waals surface area contributed by atoms with E-state index in [1.54, 1.807) is 60.7 Å². The Morgan fingerprint density at radius 3 is 2.15 bits per heavy atom. The van der Waals surface area contributed by atoms with Gasteiger partial charge in [0, 0.05) is 6.42 Å². The van der Waals surface area contributed by atoms with Gasteiger partial charge in [-0.05, 0) is 24.3 Å². The summed E-state index contributed by atoms with van der Waals surface area (Å²) in [6.45, 7) is -0.411. The van der Waals surface area contributed by atoms with E-state index in [-0.39, 0.29) is 12.0 Å². The Balaban J connectivity index is 1.59. The van der Waals surface area contributed by atoms with Crippen molar-refractivity contribution < 1.29 is 33.3 Å². The average molecular weight is 374 g/mol. The van der Waals surface area contributed by atoms with Gasteiger partial charge in [0.05, 0.1) is 11.1 Å². The summed E-state index contributed by atoms with van der Waals surface area (Å²) in [6, 6.07) is 16.4. The molecule has 1 aliphatic heterocycles. The number of rotatable bonds is 5. The van der Waals surface area contributed by atoms with Crippen LogP contribution in [-0.2, 0) is 14.2 Å². The van der Waals surface area contributed by atoms with Crippen LogP contribution in [0.3, 0.4) is 0 Å². The maximum Gasteiger partial charge on any atom is 0.338 e. The molecule has 7 heteroatoms. The van der Waals surface area contributed by atoms with Crippen LogP contribution in [0.15, 0.2) is 60.7 Å². The smallest absolute Gasteiger partial charge is 0.338 e. The third-order valence-corrected chi connectivity index (χ3v) is 4.13. The average Bonchev–Trinajstić information content (AvgIpc) is 2.70. The molecule has 1 heterocycles. The molecule has 4 atom stereocenters. The van der Waals surface area contributed by atoms with Crippen molar-refractivity contribution in [2.75, 3.05) is 6.61 Å². The van der Waals surface area contributed by atoms with E-state index < -0.39 is 43.2 Å². The largest absolute Gasteiger partial charge is 0.459 e. The quantitative estimate of drug-likeness (QED) is 0.810. The Bertz CT molecular complexity index is 767. The van der Waals surface area contributed by atoms with Gasteiger partial charge < -0.3 is 19.3 Å². The van der Waals surface area contributed by atoms with Gasteiger partial charge in [-0.3, -0.25) is 0 Å². The fourth-order valence-corrected chi connectivity index (χ4v) is 2.74. The molecule has 4 unspecified atom stereocenters. The number of carbonyl (C=O) groups is 2. The zero-order valence-corrected chi connectivity index (χ0v) is 14.4. The molecular formula is C20H19FO6. The van der Waals surface area contributed by atoms with E-state index in [2.05, 4.69) is 0 Å². The van der Waals surface area contributed by atoms with Gasteiger partial charge in [-0.15, -0.1) is 0 Å². The Morgan fingerprint density at radius 2 is 1.56 bits per heavy atom.